The van der Waals surface area contributed by atoms with Crippen LogP contribution in [-0.2, 0) is 13.2 Å². The summed E-state index contributed by atoms with van der Waals surface area (Å²) >= 11 is 0. The molecule has 0 atom stereocenters. The van der Waals surface area contributed by atoms with Gasteiger partial charge in [-0.1, -0.05) is 35.0 Å². The van der Waals surface area contributed by atoms with Crippen LogP contribution < -0.4 is 0 Å². The van der Waals surface area contributed by atoms with E-state index in [1.807, 2.05) is 0 Å². The Hall–Kier alpha value is -1.68. The first kappa shape index (κ1) is 9.86. The first-order valence-electron chi connectivity index (χ1n) is 4.83. The Morgan fingerprint density at radius 2 is 2.00 bits per heavy atom. The van der Waals surface area contributed by atoms with Crippen LogP contribution in [0.1, 0.15) is 16.8 Å². The Bertz CT molecular complexity index is 433. The number of rotatable bonds is 3. The number of nitrogens with zero attached hydrogens (tertiary/aromatic N) is 3. The van der Waals surface area contributed by atoms with E-state index in [0.29, 0.717) is 12.2 Å². The lowest BCUT2D eigenvalue weighted by Crippen LogP contribution is -2.00. The topological polar surface area (TPSA) is 50.9 Å². The zero-order valence-corrected chi connectivity index (χ0v) is 8.59. The molecule has 2 rings (SSSR count). The molecule has 0 amide bonds. The van der Waals surface area contributed by atoms with Gasteiger partial charge in [0.25, 0.3) is 0 Å². The fourth-order valence-corrected chi connectivity index (χ4v) is 1.37. The highest BCUT2D eigenvalue weighted by Gasteiger charge is 1.99. The van der Waals surface area contributed by atoms with Crippen LogP contribution in [0.4, 0.5) is 0 Å². The van der Waals surface area contributed by atoms with E-state index in [-0.39, 0.29) is 6.61 Å². The number of hydrogen-bond donors (Lipinski definition) is 1. The maximum atomic E-state index is 8.84. The van der Waals surface area contributed by atoms with Crippen molar-refractivity contribution in [3.05, 3.63) is 47.3 Å². The van der Waals surface area contributed by atoms with Gasteiger partial charge >= 0.3 is 0 Å². The molecule has 0 aliphatic heterocycles. The third-order valence-corrected chi connectivity index (χ3v) is 2.21. The molecule has 1 aromatic heterocycles. The quantitative estimate of drug-likeness (QED) is 0.813. The summed E-state index contributed by atoms with van der Waals surface area (Å²) in [7, 11) is 0. The van der Waals surface area contributed by atoms with E-state index in [2.05, 4.69) is 41.5 Å². The van der Waals surface area contributed by atoms with Crippen molar-refractivity contribution >= 4 is 0 Å². The number of hydrogen-bond acceptors (Lipinski definition) is 3. The maximum Gasteiger partial charge on any atom is 0.108 e. The van der Waals surface area contributed by atoms with Crippen LogP contribution in [0.15, 0.2) is 30.5 Å². The Morgan fingerprint density at radius 1 is 1.27 bits per heavy atom. The summed E-state index contributed by atoms with van der Waals surface area (Å²) in [5.41, 5.74) is 3.02. The summed E-state index contributed by atoms with van der Waals surface area (Å²) in [4.78, 5) is 0. The Morgan fingerprint density at radius 3 is 2.60 bits per heavy atom. The van der Waals surface area contributed by atoms with Gasteiger partial charge in [-0.3, -0.25) is 0 Å². The number of aryl methyl sites for hydroxylation is 1. The van der Waals surface area contributed by atoms with E-state index < -0.39 is 0 Å². The van der Waals surface area contributed by atoms with Crippen LogP contribution in [0.2, 0.25) is 0 Å². The summed E-state index contributed by atoms with van der Waals surface area (Å²) in [5, 5.41) is 16.6. The van der Waals surface area contributed by atoms with Crippen molar-refractivity contribution in [1.29, 1.82) is 0 Å². The van der Waals surface area contributed by atoms with E-state index >= 15 is 0 Å². The van der Waals surface area contributed by atoms with Crippen molar-refractivity contribution in [3.63, 3.8) is 0 Å². The van der Waals surface area contributed by atoms with Gasteiger partial charge in [-0.25, -0.2) is 4.68 Å². The van der Waals surface area contributed by atoms with Crippen molar-refractivity contribution < 1.29 is 5.11 Å². The first-order chi connectivity index (χ1) is 7.28. The first-order valence-corrected chi connectivity index (χ1v) is 4.83. The van der Waals surface area contributed by atoms with Crippen LogP contribution in [0, 0.1) is 6.92 Å². The van der Waals surface area contributed by atoms with Gasteiger partial charge in [0.2, 0.25) is 0 Å². The molecule has 1 aromatic carbocycles. The SMILES string of the molecule is Cc1ccc(Cn2cc(CO)nn2)cc1. The molecule has 0 spiro atoms. The Labute approximate surface area is 88.2 Å². The molecule has 1 N–H and O–H groups in total. The Kier molecular flexibility index (Phi) is 2.78. The van der Waals surface area contributed by atoms with Gasteiger partial charge in [0, 0.05) is 0 Å². The summed E-state index contributed by atoms with van der Waals surface area (Å²) in [6, 6.07) is 8.27. The lowest BCUT2D eigenvalue weighted by molar-refractivity contribution is 0.276. The van der Waals surface area contributed by atoms with Gasteiger partial charge in [0.15, 0.2) is 0 Å². The van der Waals surface area contributed by atoms with E-state index in [1.54, 1.807) is 10.9 Å². The number of aliphatic hydroxyl groups is 1. The molecule has 4 heteroatoms. The minimum absolute atomic E-state index is 0.0616. The molecular weight excluding hydrogens is 190 g/mol. The minimum Gasteiger partial charge on any atom is -0.390 e. The van der Waals surface area contributed by atoms with Gasteiger partial charge < -0.3 is 5.11 Å². The van der Waals surface area contributed by atoms with E-state index in [0.717, 1.165) is 0 Å². The van der Waals surface area contributed by atoms with Crippen molar-refractivity contribution in [2.45, 2.75) is 20.1 Å². The molecule has 78 valence electrons. The molecule has 0 saturated heterocycles. The maximum absolute atomic E-state index is 8.84. The number of benzene rings is 1. The van der Waals surface area contributed by atoms with E-state index in [1.165, 1.54) is 11.1 Å². The zero-order valence-electron chi connectivity index (χ0n) is 8.59. The van der Waals surface area contributed by atoms with Gasteiger partial charge in [-0.2, -0.15) is 0 Å². The van der Waals surface area contributed by atoms with Crippen LogP contribution in [-0.4, -0.2) is 20.1 Å². The fourth-order valence-electron chi connectivity index (χ4n) is 1.37. The molecule has 15 heavy (non-hydrogen) atoms. The third kappa shape index (κ3) is 2.41. The van der Waals surface area contributed by atoms with Crippen molar-refractivity contribution in [3.8, 4) is 0 Å². The molecule has 0 saturated carbocycles. The predicted octanol–water partition coefficient (Wildman–Crippen LogP) is 1.13. The molecule has 0 bridgehead atoms. The minimum atomic E-state index is -0.0616. The average Bonchev–Trinajstić information content (AvgIpc) is 2.69. The van der Waals surface area contributed by atoms with E-state index in [4.69, 9.17) is 5.11 Å². The summed E-state index contributed by atoms with van der Waals surface area (Å²) in [6.07, 6.45) is 1.75. The van der Waals surface area contributed by atoms with Gasteiger partial charge in [-0.15, -0.1) is 5.10 Å². The lowest BCUT2D eigenvalue weighted by Gasteiger charge is -2.00. The molecule has 0 aliphatic carbocycles. The van der Waals surface area contributed by atoms with Crippen LogP contribution in [0.25, 0.3) is 0 Å². The van der Waals surface area contributed by atoms with Crippen molar-refractivity contribution in [1.82, 2.24) is 15.0 Å². The van der Waals surface area contributed by atoms with Crippen LogP contribution in [0.3, 0.4) is 0 Å². The highest BCUT2D eigenvalue weighted by Crippen LogP contribution is 2.05. The Balaban J connectivity index is 2.11. The molecule has 4 nitrogen and oxygen atoms in total. The largest absolute Gasteiger partial charge is 0.390 e. The van der Waals surface area contributed by atoms with Crippen molar-refractivity contribution in [2.75, 3.05) is 0 Å². The van der Waals surface area contributed by atoms with Gasteiger partial charge in [-0.05, 0) is 12.5 Å². The van der Waals surface area contributed by atoms with Crippen molar-refractivity contribution in [2.24, 2.45) is 0 Å². The second kappa shape index (κ2) is 4.23. The summed E-state index contributed by atoms with van der Waals surface area (Å²) < 4.78 is 1.72. The molecule has 2 aromatic rings. The fraction of sp³-hybridized carbons (Fsp3) is 0.273. The molecule has 0 fully saturated rings. The molecule has 0 aliphatic rings. The molecular formula is C11H13N3O. The predicted molar refractivity (Wildman–Crippen MR) is 56.2 cm³/mol. The zero-order chi connectivity index (χ0) is 10.7. The normalized spacial score (nSPS) is 10.5. The van der Waals surface area contributed by atoms with Crippen LogP contribution in [0.5, 0.6) is 0 Å². The summed E-state index contributed by atoms with van der Waals surface area (Å²) in [5.74, 6) is 0. The third-order valence-electron chi connectivity index (χ3n) is 2.21. The lowest BCUT2D eigenvalue weighted by atomic mass is 10.1. The average molecular weight is 203 g/mol. The summed E-state index contributed by atoms with van der Waals surface area (Å²) in [6.45, 7) is 2.68. The highest BCUT2D eigenvalue weighted by molar-refractivity contribution is 5.21. The standard InChI is InChI=1S/C11H13N3O/c1-9-2-4-10(5-3-9)6-14-7-11(8-15)12-13-14/h2-5,7,15H,6,8H2,1H3. The molecule has 0 radical (unpaired) electrons. The molecule has 0 unspecified atom stereocenters. The van der Waals surface area contributed by atoms with Crippen LogP contribution >= 0.6 is 0 Å². The second-order valence-corrected chi connectivity index (χ2v) is 3.55. The molecule has 1 heterocycles. The van der Waals surface area contributed by atoms with Gasteiger partial charge in [0.1, 0.15) is 5.69 Å². The smallest absolute Gasteiger partial charge is 0.108 e. The highest BCUT2D eigenvalue weighted by atomic mass is 16.3. The number of aromatic nitrogens is 3. The number of aliphatic hydroxyl groups excluding tert-OH is 1. The van der Waals surface area contributed by atoms with Gasteiger partial charge in [0.05, 0.1) is 19.3 Å². The van der Waals surface area contributed by atoms with E-state index in [9.17, 15) is 0 Å². The monoisotopic (exact) mass is 203 g/mol. The second-order valence-electron chi connectivity index (χ2n) is 3.55.